The van der Waals surface area contributed by atoms with Gasteiger partial charge in [-0.3, -0.25) is 0 Å². The Kier molecular flexibility index (Phi) is 5.11. The van der Waals surface area contributed by atoms with E-state index in [1.165, 1.54) is 26.0 Å². The maximum atomic E-state index is 12.6. The van der Waals surface area contributed by atoms with Crippen molar-refractivity contribution in [3.8, 4) is 5.75 Å². The van der Waals surface area contributed by atoms with Crippen molar-refractivity contribution in [1.82, 2.24) is 4.72 Å². The number of ether oxygens (including phenoxy) is 1. The summed E-state index contributed by atoms with van der Waals surface area (Å²) in [6.45, 7) is 1.83. The normalized spacial score (nSPS) is 17.4. The molecule has 1 aliphatic carbocycles. The lowest BCUT2D eigenvalue weighted by Crippen LogP contribution is -2.34. The van der Waals surface area contributed by atoms with Crippen molar-refractivity contribution < 1.29 is 13.2 Å². The molecule has 0 aliphatic heterocycles. The van der Waals surface area contributed by atoms with Gasteiger partial charge in [0.1, 0.15) is 10.6 Å². The van der Waals surface area contributed by atoms with Gasteiger partial charge >= 0.3 is 0 Å². The number of hydrogen-bond donors (Lipinski definition) is 2. The summed E-state index contributed by atoms with van der Waals surface area (Å²) in [5, 5.41) is 0. The fourth-order valence-electron chi connectivity index (χ4n) is 2.73. The third kappa shape index (κ3) is 3.89. The molecule has 1 aromatic rings. The highest BCUT2D eigenvalue weighted by atomic mass is 32.2. The quantitative estimate of drug-likeness (QED) is 0.661. The number of nitrogens with one attached hydrogen (secondary N) is 1. The summed E-state index contributed by atoms with van der Waals surface area (Å²) in [7, 11) is -2.15. The van der Waals surface area contributed by atoms with Crippen molar-refractivity contribution in [3.05, 3.63) is 17.7 Å². The molecular weight excluding hydrogens is 288 g/mol. The first-order chi connectivity index (χ1) is 9.94. The Balaban J connectivity index is 2.28. The van der Waals surface area contributed by atoms with E-state index in [2.05, 4.69) is 4.72 Å². The Hall–Kier alpha value is -1.27. The summed E-state index contributed by atoms with van der Waals surface area (Å²) in [6.07, 6.45) is 6.28. The van der Waals surface area contributed by atoms with E-state index in [0.717, 1.165) is 31.2 Å². The summed E-state index contributed by atoms with van der Waals surface area (Å²) in [4.78, 5) is 0.123. The molecule has 5 nitrogen and oxygen atoms in total. The van der Waals surface area contributed by atoms with Crippen LogP contribution in [0.15, 0.2) is 17.0 Å². The molecule has 0 radical (unpaired) electrons. The maximum Gasteiger partial charge on any atom is 0.244 e. The van der Waals surface area contributed by atoms with Crippen LogP contribution >= 0.6 is 0 Å². The number of benzene rings is 1. The van der Waals surface area contributed by atoms with Gasteiger partial charge in [0.25, 0.3) is 0 Å². The largest absolute Gasteiger partial charge is 0.495 e. The molecule has 21 heavy (non-hydrogen) atoms. The predicted molar refractivity (Wildman–Crippen MR) is 84.0 cm³/mol. The average molecular weight is 312 g/mol. The molecule has 118 valence electrons. The van der Waals surface area contributed by atoms with Gasteiger partial charge in [-0.2, -0.15) is 0 Å². The van der Waals surface area contributed by atoms with E-state index >= 15 is 0 Å². The third-order valence-corrected chi connectivity index (χ3v) is 5.56. The molecule has 1 aliphatic rings. The van der Waals surface area contributed by atoms with E-state index in [0.29, 0.717) is 11.4 Å². The van der Waals surface area contributed by atoms with Crippen LogP contribution in [-0.2, 0) is 10.0 Å². The van der Waals surface area contributed by atoms with Crippen molar-refractivity contribution >= 4 is 15.7 Å². The summed E-state index contributed by atoms with van der Waals surface area (Å²) >= 11 is 0. The van der Waals surface area contributed by atoms with Gasteiger partial charge < -0.3 is 10.5 Å². The first kappa shape index (κ1) is 16.1. The van der Waals surface area contributed by atoms with Crippen molar-refractivity contribution in [2.75, 3.05) is 12.8 Å². The van der Waals surface area contributed by atoms with Crippen LogP contribution in [0.1, 0.15) is 44.1 Å². The third-order valence-electron chi connectivity index (χ3n) is 4.02. The van der Waals surface area contributed by atoms with E-state index < -0.39 is 10.0 Å². The van der Waals surface area contributed by atoms with Crippen molar-refractivity contribution in [2.45, 2.75) is 56.4 Å². The molecule has 0 unspecified atom stereocenters. The lowest BCUT2D eigenvalue weighted by molar-refractivity contribution is 0.401. The Bertz CT molecular complexity index is 591. The number of hydrogen-bond acceptors (Lipinski definition) is 4. The van der Waals surface area contributed by atoms with Crippen LogP contribution in [0.4, 0.5) is 5.69 Å². The second-order valence-corrected chi connectivity index (χ2v) is 7.35. The Labute approximate surface area is 126 Å². The van der Waals surface area contributed by atoms with Gasteiger partial charge in [0.15, 0.2) is 0 Å². The molecule has 0 heterocycles. The highest BCUT2D eigenvalue weighted by Crippen LogP contribution is 2.29. The van der Waals surface area contributed by atoms with E-state index in [1.807, 2.05) is 6.92 Å². The summed E-state index contributed by atoms with van der Waals surface area (Å²) < 4.78 is 33.2. The van der Waals surface area contributed by atoms with Crippen LogP contribution in [0.5, 0.6) is 5.75 Å². The number of sulfonamides is 1. The average Bonchev–Trinajstić information content (AvgIpc) is 2.69. The second kappa shape index (κ2) is 6.66. The molecule has 0 atom stereocenters. The number of nitrogen functional groups attached to an aromatic ring is 1. The van der Waals surface area contributed by atoms with Gasteiger partial charge in [0, 0.05) is 11.7 Å². The predicted octanol–water partition coefficient (Wildman–Crippen LogP) is 2.59. The van der Waals surface area contributed by atoms with Gasteiger partial charge in [0.05, 0.1) is 7.11 Å². The van der Waals surface area contributed by atoms with Gasteiger partial charge in [-0.05, 0) is 37.5 Å². The minimum absolute atomic E-state index is 0.00438. The van der Waals surface area contributed by atoms with Crippen LogP contribution < -0.4 is 15.2 Å². The molecule has 0 saturated heterocycles. The number of rotatable bonds is 4. The number of nitrogens with two attached hydrogens (primary N) is 1. The molecule has 1 saturated carbocycles. The topological polar surface area (TPSA) is 81.4 Å². The molecule has 0 amide bonds. The van der Waals surface area contributed by atoms with Gasteiger partial charge in [-0.25, -0.2) is 13.1 Å². The second-order valence-electron chi connectivity index (χ2n) is 5.67. The molecular formula is C15H24N2O3S. The minimum Gasteiger partial charge on any atom is -0.495 e. The number of methoxy groups -OCH3 is 1. The lowest BCUT2D eigenvalue weighted by atomic mass is 10.1. The smallest absolute Gasteiger partial charge is 0.244 e. The van der Waals surface area contributed by atoms with Crippen LogP contribution in [0, 0.1) is 6.92 Å². The zero-order valence-electron chi connectivity index (χ0n) is 12.7. The van der Waals surface area contributed by atoms with Crippen molar-refractivity contribution in [3.63, 3.8) is 0 Å². The highest BCUT2D eigenvalue weighted by Gasteiger charge is 2.25. The maximum absolute atomic E-state index is 12.6. The summed E-state index contributed by atoms with van der Waals surface area (Å²) in [5.74, 6) is 0.336. The Morgan fingerprint density at radius 2 is 1.81 bits per heavy atom. The van der Waals surface area contributed by atoms with E-state index in [4.69, 9.17) is 10.5 Å². The van der Waals surface area contributed by atoms with Gasteiger partial charge in [-0.1, -0.05) is 25.7 Å². The first-order valence-corrected chi connectivity index (χ1v) is 8.89. The summed E-state index contributed by atoms with van der Waals surface area (Å²) in [5.41, 5.74) is 7.11. The molecule has 1 aromatic carbocycles. The van der Waals surface area contributed by atoms with E-state index in [1.54, 1.807) is 6.07 Å². The lowest BCUT2D eigenvalue weighted by Gasteiger charge is -2.18. The minimum atomic E-state index is -3.61. The molecule has 3 N–H and O–H groups in total. The molecule has 0 aromatic heterocycles. The van der Waals surface area contributed by atoms with Crippen LogP contribution in [0.25, 0.3) is 0 Å². The van der Waals surface area contributed by atoms with Crippen LogP contribution in [0.3, 0.4) is 0 Å². The van der Waals surface area contributed by atoms with E-state index in [9.17, 15) is 8.42 Å². The monoisotopic (exact) mass is 312 g/mol. The van der Waals surface area contributed by atoms with Crippen molar-refractivity contribution in [1.29, 1.82) is 0 Å². The van der Waals surface area contributed by atoms with Crippen LogP contribution in [0.2, 0.25) is 0 Å². The Morgan fingerprint density at radius 3 is 2.38 bits per heavy atom. The van der Waals surface area contributed by atoms with E-state index in [-0.39, 0.29) is 10.9 Å². The molecule has 0 spiro atoms. The van der Waals surface area contributed by atoms with Gasteiger partial charge in [-0.15, -0.1) is 0 Å². The SMILES string of the molecule is COc1cc(C)c(N)cc1S(=O)(=O)NC1CCCCCC1. The molecule has 1 fully saturated rings. The fraction of sp³-hybridized carbons (Fsp3) is 0.600. The number of anilines is 1. The zero-order valence-corrected chi connectivity index (χ0v) is 13.5. The van der Waals surface area contributed by atoms with Crippen molar-refractivity contribution in [2.24, 2.45) is 0 Å². The highest BCUT2D eigenvalue weighted by molar-refractivity contribution is 7.89. The molecule has 0 bridgehead atoms. The van der Waals surface area contributed by atoms with Gasteiger partial charge in [0.2, 0.25) is 10.0 Å². The first-order valence-electron chi connectivity index (χ1n) is 7.40. The zero-order chi connectivity index (χ0) is 15.5. The van der Waals surface area contributed by atoms with Crippen LogP contribution in [-0.4, -0.2) is 21.6 Å². The molecule has 6 heteroatoms. The Morgan fingerprint density at radius 1 is 1.19 bits per heavy atom. The summed E-state index contributed by atoms with van der Waals surface area (Å²) in [6, 6.07) is 3.15. The number of aryl methyl sites for hydroxylation is 1. The standard InChI is InChI=1S/C15H24N2O3S/c1-11-9-14(20-2)15(10-13(11)16)21(18,19)17-12-7-5-3-4-6-8-12/h9-10,12,17H,3-8,16H2,1-2H3. The fourth-order valence-corrected chi connectivity index (χ4v) is 4.22. The molecule has 2 rings (SSSR count).